The molecule has 0 spiro atoms. The normalized spacial score (nSPS) is 15.8. The van der Waals surface area contributed by atoms with Crippen LogP contribution < -0.4 is 0 Å². The third-order valence-corrected chi connectivity index (χ3v) is 4.58. The molecule has 1 saturated heterocycles. The summed E-state index contributed by atoms with van der Waals surface area (Å²) in [7, 11) is 1.90. The Labute approximate surface area is 149 Å². The maximum Gasteiger partial charge on any atom is 0.222 e. The minimum Gasteiger partial charge on any atom is -0.340 e. The molecule has 1 fully saturated rings. The molecule has 0 aliphatic carbocycles. The molecule has 2 aromatic rings. The molecule has 1 aromatic heterocycles. The molecule has 3 rings (SSSR count). The highest BCUT2D eigenvalue weighted by molar-refractivity contribution is 5.76. The molecule has 0 radical (unpaired) electrons. The minimum absolute atomic E-state index is 0.253. The molecule has 0 unspecified atom stereocenters. The van der Waals surface area contributed by atoms with Crippen LogP contribution in [0.15, 0.2) is 48.8 Å². The summed E-state index contributed by atoms with van der Waals surface area (Å²) in [5.41, 5.74) is 2.35. The van der Waals surface area contributed by atoms with E-state index in [0.717, 1.165) is 44.7 Å². The lowest BCUT2D eigenvalue weighted by molar-refractivity contribution is -0.132. The van der Waals surface area contributed by atoms with Crippen molar-refractivity contribution in [3.05, 3.63) is 59.9 Å². The van der Waals surface area contributed by atoms with Gasteiger partial charge in [0, 0.05) is 52.4 Å². The summed E-state index contributed by atoms with van der Waals surface area (Å²) in [6, 6.07) is 10.3. The smallest absolute Gasteiger partial charge is 0.222 e. The third-order valence-electron chi connectivity index (χ3n) is 4.58. The highest BCUT2D eigenvalue weighted by atomic mass is 16.2. The minimum atomic E-state index is 0.253. The molecular formula is C20H26N4O. The molecule has 132 valence electrons. The molecular weight excluding hydrogens is 312 g/mol. The van der Waals surface area contributed by atoms with Crippen LogP contribution in [0.3, 0.4) is 0 Å². The van der Waals surface area contributed by atoms with Gasteiger partial charge in [0.2, 0.25) is 5.91 Å². The van der Waals surface area contributed by atoms with Crippen LogP contribution >= 0.6 is 0 Å². The predicted octanol–water partition coefficient (Wildman–Crippen LogP) is 2.21. The molecule has 5 heteroatoms. The first-order chi connectivity index (χ1) is 12.2. The number of rotatable bonds is 6. The number of benzene rings is 1. The number of carbonyl (C=O) groups is 1. The van der Waals surface area contributed by atoms with Crippen LogP contribution in [0.1, 0.15) is 17.5 Å². The molecule has 1 aliphatic rings. The van der Waals surface area contributed by atoms with Crippen molar-refractivity contribution in [1.82, 2.24) is 19.6 Å². The van der Waals surface area contributed by atoms with Crippen LogP contribution in [0.25, 0.3) is 6.08 Å². The van der Waals surface area contributed by atoms with E-state index in [1.54, 1.807) is 4.68 Å². The van der Waals surface area contributed by atoms with Crippen LogP contribution in [-0.2, 0) is 18.3 Å². The Morgan fingerprint density at radius 1 is 1.16 bits per heavy atom. The average Bonchev–Trinajstić information content (AvgIpc) is 3.06. The van der Waals surface area contributed by atoms with Crippen molar-refractivity contribution in [2.75, 3.05) is 32.7 Å². The van der Waals surface area contributed by atoms with Crippen LogP contribution in [0.2, 0.25) is 0 Å². The van der Waals surface area contributed by atoms with E-state index in [2.05, 4.69) is 46.4 Å². The second-order valence-corrected chi connectivity index (χ2v) is 6.52. The number of aryl methyl sites for hydroxylation is 2. The van der Waals surface area contributed by atoms with E-state index in [-0.39, 0.29) is 5.91 Å². The molecule has 0 atom stereocenters. The summed E-state index contributed by atoms with van der Waals surface area (Å²) in [4.78, 5) is 16.7. The second-order valence-electron chi connectivity index (χ2n) is 6.52. The fourth-order valence-electron chi connectivity index (χ4n) is 3.09. The highest BCUT2D eigenvalue weighted by Crippen LogP contribution is 2.08. The van der Waals surface area contributed by atoms with Gasteiger partial charge in [0.15, 0.2) is 0 Å². The van der Waals surface area contributed by atoms with E-state index < -0.39 is 0 Å². The summed E-state index contributed by atoms with van der Waals surface area (Å²) < 4.78 is 1.78. The van der Waals surface area contributed by atoms with Crippen molar-refractivity contribution in [3.63, 3.8) is 0 Å². The lowest BCUT2D eigenvalue weighted by Crippen LogP contribution is -2.48. The summed E-state index contributed by atoms with van der Waals surface area (Å²) in [6.07, 6.45) is 9.52. The van der Waals surface area contributed by atoms with Crippen LogP contribution in [0.5, 0.6) is 0 Å². The summed E-state index contributed by atoms with van der Waals surface area (Å²) in [5.74, 6) is 0.253. The molecule has 0 saturated carbocycles. The van der Waals surface area contributed by atoms with Crippen molar-refractivity contribution in [2.45, 2.75) is 12.8 Å². The first-order valence-electron chi connectivity index (χ1n) is 8.90. The highest BCUT2D eigenvalue weighted by Gasteiger charge is 2.20. The van der Waals surface area contributed by atoms with Gasteiger partial charge in [0.1, 0.15) is 0 Å². The largest absolute Gasteiger partial charge is 0.340 e. The standard InChI is InChI=1S/C20H26N4O/c1-22-17-19(16-21-22)9-10-20(25)24-14-12-23(13-15-24)11-5-8-18-6-3-2-4-7-18/h2-8,16-17H,9-15H2,1H3/b8-5+. The van der Waals surface area contributed by atoms with Gasteiger partial charge < -0.3 is 4.90 Å². The van der Waals surface area contributed by atoms with E-state index in [0.29, 0.717) is 6.42 Å². The Bertz CT molecular complexity index is 699. The molecule has 25 heavy (non-hydrogen) atoms. The Hall–Kier alpha value is -2.40. The first kappa shape index (κ1) is 17.4. The van der Waals surface area contributed by atoms with Crippen molar-refractivity contribution in [1.29, 1.82) is 0 Å². The number of hydrogen-bond donors (Lipinski definition) is 0. The third kappa shape index (κ3) is 5.29. The van der Waals surface area contributed by atoms with Crippen molar-refractivity contribution in [3.8, 4) is 0 Å². The molecule has 0 bridgehead atoms. The van der Waals surface area contributed by atoms with Crippen molar-refractivity contribution in [2.24, 2.45) is 7.05 Å². The van der Waals surface area contributed by atoms with E-state index in [1.807, 2.05) is 30.4 Å². The Morgan fingerprint density at radius 2 is 1.92 bits per heavy atom. The Kier molecular flexibility index (Phi) is 6.01. The van der Waals surface area contributed by atoms with Crippen LogP contribution in [0, 0.1) is 0 Å². The number of carbonyl (C=O) groups excluding carboxylic acids is 1. The lowest BCUT2D eigenvalue weighted by atomic mass is 10.1. The van der Waals surface area contributed by atoms with Gasteiger partial charge in [-0.3, -0.25) is 14.4 Å². The van der Waals surface area contributed by atoms with Gasteiger partial charge in [-0.05, 0) is 17.5 Å². The fourth-order valence-corrected chi connectivity index (χ4v) is 3.09. The van der Waals surface area contributed by atoms with E-state index in [1.165, 1.54) is 5.56 Å². The summed E-state index contributed by atoms with van der Waals surface area (Å²) >= 11 is 0. The predicted molar refractivity (Wildman–Crippen MR) is 100 cm³/mol. The van der Waals surface area contributed by atoms with Gasteiger partial charge in [0.25, 0.3) is 0 Å². The van der Waals surface area contributed by atoms with Crippen LogP contribution in [-0.4, -0.2) is 58.2 Å². The monoisotopic (exact) mass is 338 g/mol. The second kappa shape index (κ2) is 8.62. The number of piperazine rings is 1. The Balaban J connectivity index is 1.37. The van der Waals surface area contributed by atoms with Gasteiger partial charge in [-0.2, -0.15) is 5.10 Å². The van der Waals surface area contributed by atoms with Crippen molar-refractivity contribution < 1.29 is 4.79 Å². The Morgan fingerprint density at radius 3 is 2.60 bits per heavy atom. The zero-order valence-corrected chi connectivity index (χ0v) is 14.8. The molecule has 1 aromatic carbocycles. The van der Waals surface area contributed by atoms with Gasteiger partial charge in [-0.1, -0.05) is 42.5 Å². The van der Waals surface area contributed by atoms with E-state index >= 15 is 0 Å². The first-order valence-corrected chi connectivity index (χ1v) is 8.90. The maximum atomic E-state index is 12.4. The van der Waals surface area contributed by atoms with Gasteiger partial charge in [0.05, 0.1) is 6.20 Å². The molecule has 1 aliphatic heterocycles. The zero-order chi connectivity index (χ0) is 17.5. The summed E-state index contributed by atoms with van der Waals surface area (Å²) in [6.45, 7) is 4.47. The number of amides is 1. The van der Waals surface area contributed by atoms with Gasteiger partial charge >= 0.3 is 0 Å². The number of aromatic nitrogens is 2. The topological polar surface area (TPSA) is 41.4 Å². The molecule has 0 N–H and O–H groups in total. The maximum absolute atomic E-state index is 12.4. The molecule has 2 heterocycles. The van der Waals surface area contributed by atoms with Gasteiger partial charge in [-0.25, -0.2) is 0 Å². The van der Waals surface area contributed by atoms with Crippen LogP contribution in [0.4, 0.5) is 0 Å². The lowest BCUT2D eigenvalue weighted by Gasteiger charge is -2.34. The van der Waals surface area contributed by atoms with E-state index in [4.69, 9.17) is 0 Å². The zero-order valence-electron chi connectivity index (χ0n) is 14.8. The number of hydrogen-bond acceptors (Lipinski definition) is 3. The van der Waals surface area contributed by atoms with E-state index in [9.17, 15) is 4.79 Å². The SMILES string of the molecule is Cn1cc(CCC(=O)N2CCN(C/C=C/c3ccccc3)CC2)cn1. The molecule has 1 amide bonds. The number of nitrogens with zero attached hydrogens (tertiary/aromatic N) is 4. The summed E-state index contributed by atoms with van der Waals surface area (Å²) in [5, 5.41) is 4.15. The average molecular weight is 338 g/mol. The molecule has 5 nitrogen and oxygen atoms in total. The quantitative estimate of drug-likeness (QED) is 0.811. The van der Waals surface area contributed by atoms with Gasteiger partial charge in [-0.15, -0.1) is 0 Å². The fraction of sp³-hybridized carbons (Fsp3) is 0.400. The van der Waals surface area contributed by atoms with Crippen molar-refractivity contribution >= 4 is 12.0 Å².